The summed E-state index contributed by atoms with van der Waals surface area (Å²) >= 11 is 0. The van der Waals surface area contributed by atoms with Crippen LogP contribution in [0.3, 0.4) is 0 Å². The number of benzene rings is 1. The van der Waals surface area contributed by atoms with Crippen LogP contribution in [0.1, 0.15) is 50.1 Å². The summed E-state index contributed by atoms with van der Waals surface area (Å²) in [6.07, 6.45) is 3.02. The molecule has 2 amide bonds. The Morgan fingerprint density at radius 3 is 2.75 bits per heavy atom. The minimum absolute atomic E-state index is 0.0183. The molecular formula is C28H36FN5O6. The van der Waals surface area contributed by atoms with E-state index in [0.717, 1.165) is 32.5 Å². The molecule has 1 fully saturated rings. The van der Waals surface area contributed by atoms with E-state index in [-0.39, 0.29) is 41.7 Å². The lowest BCUT2D eigenvalue weighted by Gasteiger charge is -2.25. The van der Waals surface area contributed by atoms with E-state index in [9.17, 15) is 14.0 Å². The molecular weight excluding hydrogens is 521 g/mol. The molecule has 1 atom stereocenters. The molecule has 216 valence electrons. The summed E-state index contributed by atoms with van der Waals surface area (Å²) in [5, 5.41) is 6.54. The summed E-state index contributed by atoms with van der Waals surface area (Å²) in [5.74, 6) is 0.0265. The zero-order valence-electron chi connectivity index (χ0n) is 23.1. The van der Waals surface area contributed by atoms with E-state index in [1.807, 2.05) is 13.8 Å². The average molecular weight is 558 g/mol. The van der Waals surface area contributed by atoms with Gasteiger partial charge >= 0.3 is 0 Å². The maximum Gasteiger partial charge on any atom is 0.287 e. The van der Waals surface area contributed by atoms with Crippen LogP contribution in [0.25, 0.3) is 11.4 Å². The minimum atomic E-state index is -0.648. The third-order valence-corrected chi connectivity index (χ3v) is 6.44. The van der Waals surface area contributed by atoms with E-state index in [0.29, 0.717) is 25.4 Å². The van der Waals surface area contributed by atoms with Crippen molar-refractivity contribution in [3.63, 3.8) is 0 Å². The number of nitrogens with zero attached hydrogens (tertiary/aromatic N) is 4. The monoisotopic (exact) mass is 557 g/mol. The summed E-state index contributed by atoms with van der Waals surface area (Å²) in [4.78, 5) is 33.3. The highest BCUT2D eigenvalue weighted by molar-refractivity contribution is 5.95. The molecule has 1 aromatic carbocycles. The van der Waals surface area contributed by atoms with E-state index in [1.54, 1.807) is 36.1 Å². The van der Waals surface area contributed by atoms with Crippen LogP contribution >= 0.6 is 0 Å². The maximum atomic E-state index is 14.7. The Morgan fingerprint density at radius 1 is 1.15 bits per heavy atom. The van der Waals surface area contributed by atoms with Crippen molar-refractivity contribution in [2.24, 2.45) is 0 Å². The number of carbonyl (C=O) groups is 2. The number of rotatable bonds is 12. The summed E-state index contributed by atoms with van der Waals surface area (Å²) in [7, 11) is 0. The first-order valence-electron chi connectivity index (χ1n) is 13.5. The van der Waals surface area contributed by atoms with Crippen LogP contribution < -0.4 is 10.1 Å². The lowest BCUT2D eigenvalue weighted by Crippen LogP contribution is -2.48. The van der Waals surface area contributed by atoms with Crippen LogP contribution in [-0.2, 0) is 16.1 Å². The van der Waals surface area contributed by atoms with Crippen LogP contribution in [-0.4, -0.2) is 83.2 Å². The standard InChI is InChI=1S/C28H36FN5O6/c1-19(2)39-18-25-31-26(32-40-25)22-9-8-21(17-23(22)29)37-16-6-11-33-10-5-12-34(14-13-33)28(36)20(3)30-27(35)24-7-4-15-38-24/h4,7-9,15,17,19-20H,5-6,10-14,16,18H2,1-3H3,(H,30,35)/t20-/m0/s1. The Hall–Kier alpha value is -3.77. The van der Waals surface area contributed by atoms with Crippen molar-refractivity contribution in [3.05, 3.63) is 54.1 Å². The topological polar surface area (TPSA) is 123 Å². The molecule has 3 heterocycles. The van der Waals surface area contributed by atoms with Crippen LogP contribution in [0.15, 0.2) is 45.5 Å². The Morgan fingerprint density at radius 2 is 2.00 bits per heavy atom. The predicted molar refractivity (Wildman–Crippen MR) is 143 cm³/mol. The number of amides is 2. The van der Waals surface area contributed by atoms with E-state index < -0.39 is 17.8 Å². The molecule has 0 saturated carbocycles. The van der Waals surface area contributed by atoms with Gasteiger partial charge in [0.2, 0.25) is 11.7 Å². The summed E-state index contributed by atoms with van der Waals surface area (Å²) in [6.45, 7) is 9.65. The molecule has 0 bridgehead atoms. The number of nitrogens with one attached hydrogen (secondary N) is 1. The third kappa shape index (κ3) is 8.12. The number of hydrogen-bond acceptors (Lipinski definition) is 9. The molecule has 0 unspecified atom stereocenters. The first-order chi connectivity index (χ1) is 19.3. The smallest absolute Gasteiger partial charge is 0.287 e. The van der Waals surface area contributed by atoms with Gasteiger partial charge in [0.05, 0.1) is 24.5 Å². The molecule has 1 N–H and O–H groups in total. The van der Waals surface area contributed by atoms with Crippen molar-refractivity contribution in [2.45, 2.75) is 52.4 Å². The summed E-state index contributed by atoms with van der Waals surface area (Å²) < 4.78 is 36.1. The van der Waals surface area contributed by atoms with Gasteiger partial charge < -0.3 is 33.5 Å². The zero-order valence-corrected chi connectivity index (χ0v) is 23.1. The molecule has 1 saturated heterocycles. The van der Waals surface area contributed by atoms with Crippen molar-refractivity contribution in [1.29, 1.82) is 0 Å². The van der Waals surface area contributed by atoms with Gasteiger partial charge in [0.15, 0.2) is 5.76 Å². The van der Waals surface area contributed by atoms with Gasteiger partial charge in [-0.1, -0.05) is 5.16 Å². The summed E-state index contributed by atoms with van der Waals surface area (Å²) in [6, 6.07) is 7.10. The van der Waals surface area contributed by atoms with Crippen molar-refractivity contribution in [2.75, 3.05) is 39.3 Å². The second kappa shape index (κ2) is 14.0. The molecule has 12 heteroatoms. The second-order valence-electron chi connectivity index (χ2n) is 9.91. The molecule has 1 aliphatic rings. The molecule has 0 radical (unpaired) electrons. The summed E-state index contributed by atoms with van der Waals surface area (Å²) in [5.41, 5.74) is 0.227. The van der Waals surface area contributed by atoms with E-state index in [2.05, 4.69) is 20.4 Å². The van der Waals surface area contributed by atoms with Gasteiger partial charge in [-0.2, -0.15) is 4.98 Å². The fraction of sp³-hybridized carbons (Fsp3) is 0.500. The molecule has 2 aromatic heterocycles. The fourth-order valence-electron chi connectivity index (χ4n) is 4.33. The highest BCUT2D eigenvalue weighted by Crippen LogP contribution is 2.24. The van der Waals surface area contributed by atoms with E-state index >= 15 is 0 Å². The van der Waals surface area contributed by atoms with Crippen molar-refractivity contribution in [3.8, 4) is 17.1 Å². The van der Waals surface area contributed by atoms with Gasteiger partial charge in [-0.3, -0.25) is 9.59 Å². The van der Waals surface area contributed by atoms with Crippen molar-refractivity contribution in [1.82, 2.24) is 25.3 Å². The number of hydrogen-bond donors (Lipinski definition) is 1. The van der Waals surface area contributed by atoms with Gasteiger partial charge in [-0.25, -0.2) is 4.39 Å². The van der Waals surface area contributed by atoms with Crippen LogP contribution in [0.2, 0.25) is 0 Å². The maximum absolute atomic E-state index is 14.7. The lowest BCUT2D eigenvalue weighted by molar-refractivity contribution is -0.132. The predicted octanol–water partition coefficient (Wildman–Crippen LogP) is 3.52. The normalized spacial score (nSPS) is 15.2. The average Bonchev–Trinajstić information content (AvgIpc) is 3.59. The van der Waals surface area contributed by atoms with Crippen molar-refractivity contribution >= 4 is 11.8 Å². The zero-order chi connectivity index (χ0) is 28.5. The first kappa shape index (κ1) is 29.2. The van der Waals surface area contributed by atoms with Gasteiger partial charge in [-0.05, 0) is 64.4 Å². The van der Waals surface area contributed by atoms with Crippen LogP contribution in [0.4, 0.5) is 4.39 Å². The highest BCUT2D eigenvalue weighted by atomic mass is 19.1. The highest BCUT2D eigenvalue weighted by Gasteiger charge is 2.25. The Bertz CT molecular complexity index is 1250. The van der Waals surface area contributed by atoms with E-state index in [4.69, 9.17) is 18.4 Å². The number of ether oxygens (including phenoxy) is 2. The Balaban J connectivity index is 1.18. The second-order valence-corrected chi connectivity index (χ2v) is 9.91. The Kier molecular flexibility index (Phi) is 10.3. The van der Waals surface area contributed by atoms with Crippen molar-refractivity contribution < 1.29 is 32.4 Å². The van der Waals surface area contributed by atoms with Crippen LogP contribution in [0.5, 0.6) is 5.75 Å². The SMILES string of the molecule is CC(C)OCc1nc(-c2ccc(OCCCN3CCCN(C(=O)[C@H](C)NC(=O)c4ccco4)CC3)cc2F)no1. The number of carbonyl (C=O) groups excluding carboxylic acids is 2. The molecule has 11 nitrogen and oxygen atoms in total. The minimum Gasteiger partial charge on any atom is -0.493 e. The van der Waals surface area contributed by atoms with Gasteiger partial charge in [0.1, 0.15) is 24.2 Å². The van der Waals surface area contributed by atoms with Gasteiger partial charge in [-0.15, -0.1) is 0 Å². The molecule has 0 aliphatic carbocycles. The molecule has 3 aromatic rings. The fourth-order valence-corrected chi connectivity index (χ4v) is 4.33. The Labute approximate surface area is 232 Å². The third-order valence-electron chi connectivity index (χ3n) is 6.44. The van der Waals surface area contributed by atoms with Gasteiger partial charge in [0.25, 0.3) is 11.8 Å². The first-order valence-corrected chi connectivity index (χ1v) is 13.5. The molecule has 4 rings (SSSR count). The van der Waals surface area contributed by atoms with E-state index in [1.165, 1.54) is 12.3 Å². The molecule has 40 heavy (non-hydrogen) atoms. The van der Waals surface area contributed by atoms with Gasteiger partial charge in [0, 0.05) is 32.2 Å². The number of aromatic nitrogens is 2. The largest absolute Gasteiger partial charge is 0.493 e. The molecule has 1 aliphatic heterocycles. The van der Waals surface area contributed by atoms with Crippen LogP contribution in [0, 0.1) is 5.82 Å². The quantitative estimate of drug-likeness (QED) is 0.333. The number of furan rings is 1. The molecule has 0 spiro atoms. The number of halogens is 1. The lowest BCUT2D eigenvalue weighted by atomic mass is 10.2.